The fourth-order valence-corrected chi connectivity index (χ4v) is 2.74. The van der Waals surface area contributed by atoms with Crippen LogP contribution in [0.25, 0.3) is 10.9 Å². The number of hydrogen-bond acceptors (Lipinski definition) is 4. The second-order valence-corrected chi connectivity index (χ2v) is 5.48. The summed E-state index contributed by atoms with van der Waals surface area (Å²) >= 11 is 0. The average Bonchev–Trinajstić information content (AvgIpc) is 3.19. The van der Waals surface area contributed by atoms with Crippen molar-refractivity contribution in [3.8, 4) is 11.5 Å². The monoisotopic (exact) mass is 321 g/mol. The Morgan fingerprint density at radius 3 is 2.96 bits per heavy atom. The molecular formula is C18H15N3O3. The molecule has 24 heavy (non-hydrogen) atoms. The topological polar surface area (TPSA) is 64.9 Å². The summed E-state index contributed by atoms with van der Waals surface area (Å²) in [5.74, 6) is 1.15. The second-order valence-electron chi connectivity index (χ2n) is 5.48. The molecule has 6 nitrogen and oxygen atoms in total. The summed E-state index contributed by atoms with van der Waals surface area (Å²) in [7, 11) is 1.91. The molecule has 1 aromatic heterocycles. The molecule has 1 N–H and O–H groups in total. The summed E-state index contributed by atoms with van der Waals surface area (Å²) < 4.78 is 12.5. The van der Waals surface area contributed by atoms with E-state index in [2.05, 4.69) is 10.5 Å². The number of nitrogens with zero attached hydrogens (tertiary/aromatic N) is 2. The fraction of sp³-hybridized carbons (Fsp3) is 0.111. The SMILES string of the molecule is Cn1cc(C(=O)N/N=C/c2ccc3c(c2)OCO3)c2ccccc21. The van der Waals surface area contributed by atoms with Crippen LogP contribution in [0.4, 0.5) is 0 Å². The van der Waals surface area contributed by atoms with Crippen LogP contribution in [0.1, 0.15) is 15.9 Å². The Kier molecular flexibility index (Phi) is 3.42. The van der Waals surface area contributed by atoms with Crippen LogP contribution in [0.5, 0.6) is 11.5 Å². The number of fused-ring (bicyclic) bond motifs is 2. The molecule has 0 bridgehead atoms. The van der Waals surface area contributed by atoms with E-state index >= 15 is 0 Å². The molecule has 0 atom stereocenters. The van der Waals surface area contributed by atoms with Gasteiger partial charge in [-0.25, -0.2) is 5.43 Å². The number of aromatic nitrogens is 1. The lowest BCUT2D eigenvalue weighted by Crippen LogP contribution is -2.17. The third-order valence-corrected chi connectivity index (χ3v) is 3.92. The number of nitrogens with one attached hydrogen (secondary N) is 1. The van der Waals surface area contributed by atoms with Crippen molar-refractivity contribution in [1.29, 1.82) is 0 Å². The maximum atomic E-state index is 12.4. The quantitative estimate of drug-likeness (QED) is 0.596. The first-order valence-electron chi connectivity index (χ1n) is 7.49. The first-order chi connectivity index (χ1) is 11.7. The maximum absolute atomic E-state index is 12.4. The van der Waals surface area contributed by atoms with Gasteiger partial charge < -0.3 is 14.0 Å². The number of aryl methyl sites for hydroxylation is 1. The predicted octanol–water partition coefficient (Wildman–Crippen LogP) is 2.67. The molecule has 6 heteroatoms. The van der Waals surface area contributed by atoms with E-state index in [9.17, 15) is 4.79 Å². The van der Waals surface area contributed by atoms with E-state index in [0.717, 1.165) is 16.5 Å². The molecule has 1 amide bonds. The third-order valence-electron chi connectivity index (χ3n) is 3.92. The van der Waals surface area contributed by atoms with Gasteiger partial charge in [0.2, 0.25) is 6.79 Å². The number of amides is 1. The van der Waals surface area contributed by atoms with Crippen LogP contribution in [0.2, 0.25) is 0 Å². The fourth-order valence-electron chi connectivity index (χ4n) is 2.74. The lowest BCUT2D eigenvalue weighted by Gasteiger charge is -1.99. The molecule has 0 radical (unpaired) electrons. The van der Waals surface area contributed by atoms with E-state index in [4.69, 9.17) is 9.47 Å². The Labute approximate surface area is 138 Å². The molecule has 0 unspecified atom stereocenters. The number of ether oxygens (including phenoxy) is 2. The highest BCUT2D eigenvalue weighted by molar-refractivity contribution is 6.07. The van der Waals surface area contributed by atoms with Crippen molar-refractivity contribution in [3.63, 3.8) is 0 Å². The molecule has 1 aliphatic rings. The number of carbonyl (C=O) groups is 1. The first-order valence-corrected chi connectivity index (χ1v) is 7.49. The van der Waals surface area contributed by atoms with E-state index in [1.807, 2.05) is 54.1 Å². The van der Waals surface area contributed by atoms with Crippen LogP contribution in [0.3, 0.4) is 0 Å². The van der Waals surface area contributed by atoms with Gasteiger partial charge in [0.15, 0.2) is 11.5 Å². The molecule has 0 saturated heterocycles. The molecular weight excluding hydrogens is 306 g/mol. The van der Waals surface area contributed by atoms with Gasteiger partial charge in [-0.3, -0.25) is 4.79 Å². The number of para-hydroxylation sites is 1. The summed E-state index contributed by atoms with van der Waals surface area (Å²) in [5.41, 5.74) is 4.98. The molecule has 0 aliphatic carbocycles. The van der Waals surface area contributed by atoms with Crippen LogP contribution in [-0.2, 0) is 7.05 Å². The molecule has 0 fully saturated rings. The maximum Gasteiger partial charge on any atom is 0.273 e. The molecule has 0 spiro atoms. The van der Waals surface area contributed by atoms with Gasteiger partial charge in [0.25, 0.3) is 5.91 Å². The van der Waals surface area contributed by atoms with Crippen LogP contribution < -0.4 is 14.9 Å². The summed E-state index contributed by atoms with van der Waals surface area (Å²) in [6, 6.07) is 13.2. The molecule has 120 valence electrons. The van der Waals surface area contributed by atoms with Crippen molar-refractivity contribution in [2.24, 2.45) is 12.1 Å². The Balaban J connectivity index is 1.52. The first kappa shape index (κ1) is 14.3. The number of carbonyl (C=O) groups excluding carboxylic acids is 1. The molecule has 2 aromatic carbocycles. The summed E-state index contributed by atoms with van der Waals surface area (Å²) in [6.07, 6.45) is 3.38. The molecule has 1 aliphatic heterocycles. The van der Waals surface area contributed by atoms with Gasteiger partial charge >= 0.3 is 0 Å². The van der Waals surface area contributed by atoms with Gasteiger partial charge in [0.05, 0.1) is 11.8 Å². The van der Waals surface area contributed by atoms with Crippen molar-refractivity contribution in [1.82, 2.24) is 9.99 Å². The minimum atomic E-state index is -0.246. The molecule has 2 heterocycles. The van der Waals surface area contributed by atoms with Gasteiger partial charge in [-0.15, -0.1) is 0 Å². The van der Waals surface area contributed by atoms with E-state index in [1.165, 1.54) is 0 Å². The normalized spacial score (nSPS) is 12.9. The minimum absolute atomic E-state index is 0.230. The Hall–Kier alpha value is -3.28. The highest BCUT2D eigenvalue weighted by Crippen LogP contribution is 2.31. The zero-order valence-electron chi connectivity index (χ0n) is 13.0. The lowest BCUT2D eigenvalue weighted by molar-refractivity contribution is 0.0956. The van der Waals surface area contributed by atoms with Gasteiger partial charge in [0.1, 0.15) is 0 Å². The van der Waals surface area contributed by atoms with Crippen molar-refractivity contribution < 1.29 is 14.3 Å². The highest BCUT2D eigenvalue weighted by atomic mass is 16.7. The van der Waals surface area contributed by atoms with Gasteiger partial charge in [-0.2, -0.15) is 5.10 Å². The third kappa shape index (κ3) is 2.48. The number of rotatable bonds is 3. The zero-order valence-corrected chi connectivity index (χ0v) is 13.0. The zero-order chi connectivity index (χ0) is 16.5. The van der Waals surface area contributed by atoms with Gasteiger partial charge in [0, 0.05) is 24.1 Å². The van der Waals surface area contributed by atoms with Crippen LogP contribution in [-0.4, -0.2) is 23.5 Å². The number of hydrogen-bond donors (Lipinski definition) is 1. The van der Waals surface area contributed by atoms with Crippen molar-refractivity contribution in [2.75, 3.05) is 6.79 Å². The average molecular weight is 321 g/mol. The lowest BCUT2D eigenvalue weighted by atomic mass is 10.2. The predicted molar refractivity (Wildman–Crippen MR) is 90.5 cm³/mol. The molecule has 4 rings (SSSR count). The Morgan fingerprint density at radius 2 is 2.04 bits per heavy atom. The van der Waals surface area contributed by atoms with Gasteiger partial charge in [-0.05, 0) is 29.8 Å². The molecule has 0 saturated carbocycles. The van der Waals surface area contributed by atoms with Crippen molar-refractivity contribution in [3.05, 3.63) is 59.8 Å². The summed E-state index contributed by atoms with van der Waals surface area (Å²) in [6.45, 7) is 0.230. The smallest absolute Gasteiger partial charge is 0.273 e. The van der Waals surface area contributed by atoms with Crippen LogP contribution in [0.15, 0.2) is 53.8 Å². The number of benzene rings is 2. The van der Waals surface area contributed by atoms with Crippen LogP contribution >= 0.6 is 0 Å². The standard InChI is InChI=1S/C18H15N3O3/c1-21-10-14(13-4-2-3-5-15(13)21)18(22)20-19-9-12-6-7-16-17(8-12)24-11-23-16/h2-10H,11H2,1H3,(H,20,22)/b19-9+. The van der Waals surface area contributed by atoms with Crippen LogP contribution in [0, 0.1) is 0 Å². The molecule has 3 aromatic rings. The van der Waals surface area contributed by atoms with Gasteiger partial charge in [-0.1, -0.05) is 18.2 Å². The van der Waals surface area contributed by atoms with E-state index in [1.54, 1.807) is 12.4 Å². The number of hydrazone groups is 1. The van der Waals surface area contributed by atoms with Crippen molar-refractivity contribution >= 4 is 23.0 Å². The largest absolute Gasteiger partial charge is 0.454 e. The summed E-state index contributed by atoms with van der Waals surface area (Å²) in [5, 5.41) is 4.93. The highest BCUT2D eigenvalue weighted by Gasteiger charge is 2.14. The summed E-state index contributed by atoms with van der Waals surface area (Å²) in [4.78, 5) is 12.4. The Morgan fingerprint density at radius 1 is 1.21 bits per heavy atom. The van der Waals surface area contributed by atoms with Crippen molar-refractivity contribution in [2.45, 2.75) is 0 Å². The second kappa shape index (κ2) is 5.73. The minimum Gasteiger partial charge on any atom is -0.454 e. The van der Waals surface area contributed by atoms with E-state index in [0.29, 0.717) is 17.1 Å². The van der Waals surface area contributed by atoms with E-state index in [-0.39, 0.29) is 12.7 Å². The van der Waals surface area contributed by atoms with E-state index < -0.39 is 0 Å². The Bertz CT molecular complexity index is 959.